The molecule has 0 radical (unpaired) electrons. The molecule has 3 nitrogen and oxygen atoms in total. The van der Waals surface area contributed by atoms with Crippen LogP contribution in [-0.4, -0.2) is 30.7 Å². The summed E-state index contributed by atoms with van der Waals surface area (Å²) in [7, 11) is 0. The van der Waals surface area contributed by atoms with Crippen molar-refractivity contribution in [2.24, 2.45) is 5.41 Å². The van der Waals surface area contributed by atoms with E-state index in [-0.39, 0.29) is 12.0 Å². The molecule has 1 saturated heterocycles. The van der Waals surface area contributed by atoms with Crippen LogP contribution in [0.5, 0.6) is 0 Å². The van der Waals surface area contributed by atoms with E-state index in [4.69, 9.17) is 4.74 Å². The van der Waals surface area contributed by atoms with Gasteiger partial charge >= 0.3 is 0 Å². The van der Waals surface area contributed by atoms with Gasteiger partial charge in [-0.15, -0.1) is 0 Å². The highest BCUT2D eigenvalue weighted by atomic mass is 32.2. The number of thioether (sulfide) groups is 1. The van der Waals surface area contributed by atoms with E-state index in [1.54, 1.807) is 11.8 Å². The van der Waals surface area contributed by atoms with E-state index < -0.39 is 5.41 Å². The van der Waals surface area contributed by atoms with Crippen LogP contribution >= 0.6 is 11.8 Å². The molecule has 0 bridgehead atoms. The summed E-state index contributed by atoms with van der Waals surface area (Å²) >= 11 is 1.81. The summed E-state index contributed by atoms with van der Waals surface area (Å²) < 4.78 is 5.21. The number of aliphatic hydroxyl groups excluding tert-OH is 1. The molecule has 108 valence electrons. The fraction of sp³-hybridized carbons (Fsp3) is 0.562. The molecular formula is C16H21NO2S. The zero-order valence-electron chi connectivity index (χ0n) is 12.1. The van der Waals surface area contributed by atoms with Crippen molar-refractivity contribution in [3.05, 3.63) is 35.4 Å². The maximum atomic E-state index is 9.42. The zero-order valence-corrected chi connectivity index (χ0v) is 12.9. The van der Waals surface area contributed by atoms with Crippen molar-refractivity contribution in [2.75, 3.05) is 25.6 Å². The minimum atomic E-state index is -0.467. The van der Waals surface area contributed by atoms with Gasteiger partial charge in [0.05, 0.1) is 31.3 Å². The van der Waals surface area contributed by atoms with Crippen molar-refractivity contribution >= 4 is 11.8 Å². The molecule has 0 amide bonds. The van der Waals surface area contributed by atoms with Crippen LogP contribution in [0.2, 0.25) is 0 Å². The Balaban J connectivity index is 2.02. The van der Waals surface area contributed by atoms with Crippen molar-refractivity contribution in [3.63, 3.8) is 0 Å². The van der Waals surface area contributed by atoms with Crippen LogP contribution in [0.4, 0.5) is 0 Å². The number of aliphatic hydroxyl groups is 1. The highest BCUT2D eigenvalue weighted by Gasteiger charge is 2.37. The number of hydrogen-bond acceptors (Lipinski definition) is 4. The lowest BCUT2D eigenvalue weighted by Crippen LogP contribution is -2.47. The largest absolute Gasteiger partial charge is 0.396 e. The normalized spacial score (nSPS) is 17.3. The molecule has 0 aliphatic carbocycles. The van der Waals surface area contributed by atoms with Gasteiger partial charge in [0.25, 0.3) is 0 Å². The van der Waals surface area contributed by atoms with Crippen molar-refractivity contribution in [1.29, 1.82) is 5.26 Å². The number of nitriles is 1. The minimum Gasteiger partial charge on any atom is -0.396 e. The van der Waals surface area contributed by atoms with Gasteiger partial charge in [-0.1, -0.05) is 24.3 Å². The molecule has 1 aromatic rings. The Morgan fingerprint density at radius 2 is 2.10 bits per heavy atom. The first-order valence-corrected chi connectivity index (χ1v) is 7.94. The third-order valence-electron chi connectivity index (χ3n) is 3.79. The molecule has 20 heavy (non-hydrogen) atoms. The minimum absolute atomic E-state index is 0.0512. The van der Waals surface area contributed by atoms with Crippen molar-refractivity contribution in [1.82, 2.24) is 0 Å². The molecule has 1 heterocycles. The molecular weight excluding hydrogens is 270 g/mol. The lowest BCUT2D eigenvalue weighted by molar-refractivity contribution is -0.121. The predicted octanol–water partition coefficient (Wildman–Crippen LogP) is 2.73. The van der Waals surface area contributed by atoms with Crippen molar-refractivity contribution in [3.8, 4) is 6.07 Å². The Morgan fingerprint density at radius 1 is 1.40 bits per heavy atom. The standard InChI is InChI=1S/C16H21NO2S/c1-15(2,8-17)14-6-4-3-5-13(14)7-20-12-16(9-18)10-19-11-16/h3-6,18H,7,9-12H2,1-2H3. The molecule has 1 N–H and O–H groups in total. The molecule has 1 aliphatic rings. The summed E-state index contributed by atoms with van der Waals surface area (Å²) in [4.78, 5) is 0. The van der Waals surface area contributed by atoms with Gasteiger partial charge in [0, 0.05) is 16.9 Å². The van der Waals surface area contributed by atoms with Crippen LogP contribution in [0.15, 0.2) is 24.3 Å². The lowest BCUT2D eigenvalue weighted by Gasteiger charge is -2.39. The maximum absolute atomic E-state index is 9.42. The topological polar surface area (TPSA) is 53.2 Å². The molecule has 0 spiro atoms. The molecule has 0 saturated carbocycles. The van der Waals surface area contributed by atoms with Crippen LogP contribution in [0.3, 0.4) is 0 Å². The summed E-state index contributed by atoms with van der Waals surface area (Å²) in [5.74, 6) is 1.76. The first-order chi connectivity index (χ1) is 9.53. The van der Waals surface area contributed by atoms with Crippen molar-refractivity contribution < 1.29 is 9.84 Å². The van der Waals surface area contributed by atoms with Gasteiger partial charge in [0.15, 0.2) is 0 Å². The quantitative estimate of drug-likeness (QED) is 0.875. The van der Waals surface area contributed by atoms with E-state index in [1.165, 1.54) is 5.56 Å². The second-order valence-electron chi connectivity index (χ2n) is 6.04. The molecule has 1 fully saturated rings. The smallest absolute Gasteiger partial charge is 0.0769 e. The van der Waals surface area contributed by atoms with Crippen LogP contribution in [-0.2, 0) is 15.9 Å². The summed E-state index contributed by atoms with van der Waals surface area (Å²) in [5.41, 5.74) is 1.78. The Kier molecular flexibility index (Phi) is 4.74. The molecule has 0 aromatic heterocycles. The van der Waals surface area contributed by atoms with Gasteiger partial charge in [-0.25, -0.2) is 0 Å². The molecule has 2 rings (SSSR count). The number of benzene rings is 1. The van der Waals surface area contributed by atoms with Gasteiger partial charge in [-0.05, 0) is 25.0 Å². The predicted molar refractivity (Wildman–Crippen MR) is 81.6 cm³/mol. The second kappa shape index (κ2) is 6.17. The number of hydrogen-bond donors (Lipinski definition) is 1. The Morgan fingerprint density at radius 3 is 2.65 bits per heavy atom. The Labute approximate surface area is 124 Å². The summed E-state index contributed by atoms with van der Waals surface area (Å²) in [6.07, 6.45) is 0. The van der Waals surface area contributed by atoms with Gasteiger partial charge in [-0.2, -0.15) is 17.0 Å². The molecule has 4 heteroatoms. The van der Waals surface area contributed by atoms with Gasteiger partial charge < -0.3 is 9.84 Å². The molecule has 1 aliphatic heterocycles. The number of nitrogens with zero attached hydrogens (tertiary/aromatic N) is 1. The average Bonchev–Trinajstić information content (AvgIpc) is 2.42. The van der Waals surface area contributed by atoms with E-state index >= 15 is 0 Å². The lowest BCUT2D eigenvalue weighted by atomic mass is 9.84. The summed E-state index contributed by atoms with van der Waals surface area (Å²) in [6.45, 7) is 5.39. The SMILES string of the molecule is CC(C)(C#N)c1ccccc1CSCC1(CO)COC1. The molecule has 0 atom stereocenters. The Hall–Kier alpha value is -1.02. The maximum Gasteiger partial charge on any atom is 0.0769 e. The fourth-order valence-electron chi connectivity index (χ4n) is 2.30. The number of ether oxygens (including phenoxy) is 1. The number of rotatable bonds is 6. The van der Waals surface area contributed by atoms with Gasteiger partial charge in [0.1, 0.15) is 0 Å². The van der Waals surface area contributed by atoms with Crippen LogP contribution in [0.25, 0.3) is 0 Å². The third kappa shape index (κ3) is 3.17. The summed E-state index contributed by atoms with van der Waals surface area (Å²) in [6, 6.07) is 10.5. The second-order valence-corrected chi connectivity index (χ2v) is 7.02. The first-order valence-electron chi connectivity index (χ1n) is 6.79. The van der Waals surface area contributed by atoms with Gasteiger partial charge in [-0.3, -0.25) is 0 Å². The third-order valence-corrected chi connectivity index (χ3v) is 5.12. The Bertz CT molecular complexity index is 498. The van der Waals surface area contributed by atoms with Crippen molar-refractivity contribution in [2.45, 2.75) is 25.0 Å². The van der Waals surface area contributed by atoms with E-state index in [1.807, 2.05) is 32.0 Å². The first kappa shape index (κ1) is 15.4. The van der Waals surface area contributed by atoms with E-state index in [9.17, 15) is 10.4 Å². The monoisotopic (exact) mass is 291 g/mol. The van der Waals surface area contributed by atoms with E-state index in [0.29, 0.717) is 13.2 Å². The van der Waals surface area contributed by atoms with Gasteiger partial charge in [0.2, 0.25) is 0 Å². The molecule has 0 unspecified atom stereocenters. The highest BCUT2D eigenvalue weighted by Crippen LogP contribution is 2.34. The highest BCUT2D eigenvalue weighted by molar-refractivity contribution is 7.98. The van der Waals surface area contributed by atoms with Crippen LogP contribution in [0, 0.1) is 16.7 Å². The fourth-order valence-corrected chi connectivity index (χ4v) is 3.57. The molecule has 1 aromatic carbocycles. The summed E-state index contributed by atoms with van der Waals surface area (Å²) in [5, 5.41) is 18.7. The average molecular weight is 291 g/mol. The zero-order chi connectivity index (χ0) is 14.6. The van der Waals surface area contributed by atoms with E-state index in [0.717, 1.165) is 17.1 Å². The van der Waals surface area contributed by atoms with Crippen LogP contribution < -0.4 is 0 Å². The van der Waals surface area contributed by atoms with Crippen LogP contribution in [0.1, 0.15) is 25.0 Å². The van der Waals surface area contributed by atoms with E-state index in [2.05, 4.69) is 12.1 Å².